The van der Waals surface area contributed by atoms with Gasteiger partial charge >= 0.3 is 0 Å². The van der Waals surface area contributed by atoms with Crippen LogP contribution in [0.2, 0.25) is 5.02 Å². The van der Waals surface area contributed by atoms with Crippen molar-refractivity contribution in [1.82, 2.24) is 9.88 Å². The van der Waals surface area contributed by atoms with E-state index >= 15 is 0 Å². The average molecular weight is 273 g/mol. The second-order valence-electron chi connectivity index (χ2n) is 4.56. The molecule has 0 saturated heterocycles. The fourth-order valence-electron chi connectivity index (χ4n) is 2.16. The predicted octanol–water partition coefficient (Wildman–Crippen LogP) is 3.72. The lowest BCUT2D eigenvalue weighted by atomic mass is 9.91. The third-order valence-corrected chi connectivity index (χ3v) is 4.01. The van der Waals surface area contributed by atoms with Crippen molar-refractivity contribution in [3.8, 4) is 0 Å². The zero-order valence-electron chi connectivity index (χ0n) is 9.91. The second kappa shape index (κ2) is 6.58. The van der Waals surface area contributed by atoms with Crippen LogP contribution in [0.5, 0.6) is 0 Å². The van der Waals surface area contributed by atoms with Crippen LogP contribution in [0.15, 0.2) is 18.5 Å². The van der Waals surface area contributed by atoms with Crippen molar-refractivity contribution in [2.45, 2.75) is 38.3 Å². The van der Waals surface area contributed by atoms with Gasteiger partial charge in [0.2, 0.25) is 0 Å². The Morgan fingerprint density at radius 3 is 2.82 bits per heavy atom. The molecule has 1 aliphatic carbocycles. The number of halogens is 2. The minimum atomic E-state index is 0.724. The molecule has 1 fully saturated rings. The van der Waals surface area contributed by atoms with Gasteiger partial charge in [-0.25, -0.2) is 0 Å². The molecule has 1 heterocycles. The average Bonchev–Trinajstić information content (AvgIpc) is 2.26. The lowest BCUT2D eigenvalue weighted by molar-refractivity contribution is 0.120. The van der Waals surface area contributed by atoms with Crippen molar-refractivity contribution in [1.29, 1.82) is 0 Å². The fourth-order valence-corrected chi connectivity index (χ4v) is 2.46. The monoisotopic (exact) mass is 272 g/mol. The standard InChI is InChI=1S/C13H18Cl2N2/c14-6-2-8-17(12-3-1-4-12)10-11-5-7-16-9-13(11)15/h5,7,9,12H,1-4,6,8,10H2. The van der Waals surface area contributed by atoms with Crippen molar-refractivity contribution in [2.24, 2.45) is 0 Å². The maximum Gasteiger partial charge on any atom is 0.0634 e. The van der Waals surface area contributed by atoms with Crippen LogP contribution in [0, 0.1) is 0 Å². The molecular weight excluding hydrogens is 255 g/mol. The lowest BCUT2D eigenvalue weighted by Gasteiger charge is -2.37. The molecule has 0 unspecified atom stereocenters. The first-order valence-corrected chi connectivity index (χ1v) is 7.11. The Morgan fingerprint density at radius 2 is 2.24 bits per heavy atom. The molecule has 1 saturated carbocycles. The topological polar surface area (TPSA) is 16.1 Å². The molecule has 0 aliphatic heterocycles. The molecule has 17 heavy (non-hydrogen) atoms. The van der Waals surface area contributed by atoms with Crippen LogP contribution in [-0.4, -0.2) is 28.4 Å². The highest BCUT2D eigenvalue weighted by atomic mass is 35.5. The van der Waals surface area contributed by atoms with E-state index in [1.165, 1.54) is 24.8 Å². The van der Waals surface area contributed by atoms with Crippen LogP contribution in [0.3, 0.4) is 0 Å². The van der Waals surface area contributed by atoms with E-state index in [2.05, 4.69) is 9.88 Å². The number of alkyl halides is 1. The van der Waals surface area contributed by atoms with Crippen molar-refractivity contribution in [2.75, 3.05) is 12.4 Å². The van der Waals surface area contributed by atoms with Gasteiger partial charge in [0.15, 0.2) is 0 Å². The van der Waals surface area contributed by atoms with E-state index in [4.69, 9.17) is 23.2 Å². The summed E-state index contributed by atoms with van der Waals surface area (Å²) < 4.78 is 0. The van der Waals surface area contributed by atoms with Gasteiger partial charge in [-0.15, -0.1) is 11.6 Å². The highest BCUT2D eigenvalue weighted by Gasteiger charge is 2.24. The highest BCUT2D eigenvalue weighted by molar-refractivity contribution is 6.31. The highest BCUT2D eigenvalue weighted by Crippen LogP contribution is 2.27. The molecule has 2 rings (SSSR count). The number of aromatic nitrogens is 1. The van der Waals surface area contributed by atoms with Gasteiger partial charge in [-0.1, -0.05) is 18.0 Å². The van der Waals surface area contributed by atoms with Crippen molar-refractivity contribution >= 4 is 23.2 Å². The Labute approximate surface area is 113 Å². The number of rotatable bonds is 6. The van der Waals surface area contributed by atoms with Gasteiger partial charge in [-0.2, -0.15) is 0 Å². The third kappa shape index (κ3) is 3.57. The van der Waals surface area contributed by atoms with E-state index in [1.807, 2.05) is 12.3 Å². The molecule has 0 atom stereocenters. The lowest BCUT2D eigenvalue weighted by Crippen LogP contribution is -2.40. The summed E-state index contributed by atoms with van der Waals surface area (Å²) in [4.78, 5) is 6.53. The molecule has 1 aromatic rings. The molecule has 0 radical (unpaired) electrons. The second-order valence-corrected chi connectivity index (χ2v) is 5.35. The maximum absolute atomic E-state index is 6.15. The van der Waals surface area contributed by atoms with Gasteiger partial charge in [0, 0.05) is 30.9 Å². The van der Waals surface area contributed by atoms with Crippen LogP contribution in [0.4, 0.5) is 0 Å². The van der Waals surface area contributed by atoms with E-state index in [1.54, 1.807) is 6.20 Å². The molecule has 0 spiro atoms. The summed E-state index contributed by atoms with van der Waals surface area (Å²) in [5.74, 6) is 0.729. The van der Waals surface area contributed by atoms with E-state index in [9.17, 15) is 0 Å². The quantitative estimate of drug-likeness (QED) is 0.734. The van der Waals surface area contributed by atoms with Crippen LogP contribution < -0.4 is 0 Å². The van der Waals surface area contributed by atoms with Gasteiger partial charge in [0.05, 0.1) is 5.02 Å². The van der Waals surface area contributed by atoms with E-state index in [0.29, 0.717) is 0 Å². The first-order valence-electron chi connectivity index (χ1n) is 6.19. The number of hydrogen-bond acceptors (Lipinski definition) is 2. The summed E-state index contributed by atoms with van der Waals surface area (Å²) in [5, 5.41) is 0.766. The molecule has 1 aromatic heterocycles. The molecular formula is C13H18Cl2N2. The molecule has 0 aromatic carbocycles. The molecule has 4 heteroatoms. The minimum Gasteiger partial charge on any atom is -0.296 e. The Kier molecular flexibility index (Phi) is 5.08. The summed E-state index contributed by atoms with van der Waals surface area (Å²) in [5.41, 5.74) is 1.17. The maximum atomic E-state index is 6.15. The van der Waals surface area contributed by atoms with E-state index in [0.717, 1.165) is 36.5 Å². The van der Waals surface area contributed by atoms with Crippen LogP contribution in [0.25, 0.3) is 0 Å². The summed E-state index contributed by atoms with van der Waals surface area (Å²) in [6, 6.07) is 2.73. The van der Waals surface area contributed by atoms with Crippen LogP contribution in [0.1, 0.15) is 31.2 Å². The van der Waals surface area contributed by atoms with Gasteiger partial charge in [0.1, 0.15) is 0 Å². The Balaban J connectivity index is 1.98. The Morgan fingerprint density at radius 1 is 1.41 bits per heavy atom. The zero-order valence-corrected chi connectivity index (χ0v) is 11.4. The van der Waals surface area contributed by atoms with Gasteiger partial charge in [-0.05, 0) is 37.4 Å². The normalized spacial score (nSPS) is 16.2. The first kappa shape index (κ1) is 13.1. The number of pyridine rings is 1. The van der Waals surface area contributed by atoms with E-state index < -0.39 is 0 Å². The largest absolute Gasteiger partial charge is 0.296 e. The minimum absolute atomic E-state index is 0.724. The van der Waals surface area contributed by atoms with Crippen molar-refractivity contribution in [3.05, 3.63) is 29.0 Å². The van der Waals surface area contributed by atoms with Crippen LogP contribution >= 0.6 is 23.2 Å². The first-order chi connectivity index (χ1) is 8.31. The summed E-state index contributed by atoms with van der Waals surface area (Å²) >= 11 is 11.9. The summed E-state index contributed by atoms with van der Waals surface area (Å²) in [6.45, 7) is 1.98. The van der Waals surface area contributed by atoms with E-state index in [-0.39, 0.29) is 0 Å². The van der Waals surface area contributed by atoms with Crippen molar-refractivity contribution < 1.29 is 0 Å². The zero-order chi connectivity index (χ0) is 12.1. The number of hydrogen-bond donors (Lipinski definition) is 0. The smallest absolute Gasteiger partial charge is 0.0634 e. The third-order valence-electron chi connectivity index (χ3n) is 3.40. The van der Waals surface area contributed by atoms with Crippen molar-refractivity contribution in [3.63, 3.8) is 0 Å². The van der Waals surface area contributed by atoms with Gasteiger partial charge in [-0.3, -0.25) is 9.88 Å². The Hall–Kier alpha value is -0.310. The molecule has 2 nitrogen and oxygen atoms in total. The van der Waals surface area contributed by atoms with Gasteiger partial charge < -0.3 is 0 Å². The predicted molar refractivity (Wildman–Crippen MR) is 72.6 cm³/mol. The van der Waals surface area contributed by atoms with Crippen LogP contribution in [-0.2, 0) is 6.54 Å². The van der Waals surface area contributed by atoms with Gasteiger partial charge in [0.25, 0.3) is 0 Å². The SMILES string of the molecule is ClCCCN(Cc1ccncc1Cl)C1CCC1. The summed E-state index contributed by atoms with van der Waals surface area (Å²) in [6.07, 6.45) is 8.54. The number of nitrogens with zero attached hydrogens (tertiary/aromatic N) is 2. The molecule has 1 aliphatic rings. The molecule has 94 valence electrons. The molecule has 0 amide bonds. The molecule has 0 N–H and O–H groups in total. The fraction of sp³-hybridized carbons (Fsp3) is 0.615. The summed E-state index contributed by atoms with van der Waals surface area (Å²) in [7, 11) is 0. The molecule has 0 bridgehead atoms. The Bertz CT molecular complexity index is 353.